The average Bonchev–Trinajstić information content (AvgIpc) is 2.64. The molecule has 0 fully saturated rings. The normalized spacial score (nSPS) is 10.1. The maximum Gasteiger partial charge on any atom is 0.269 e. The van der Waals surface area contributed by atoms with Crippen LogP contribution in [0.3, 0.4) is 0 Å². The van der Waals surface area contributed by atoms with Crippen LogP contribution in [-0.2, 0) is 0 Å². The number of nitrogens with one attached hydrogen (secondary N) is 1. The van der Waals surface area contributed by atoms with Crippen molar-refractivity contribution in [2.24, 2.45) is 0 Å². The Bertz CT molecular complexity index is 526. The van der Waals surface area contributed by atoms with Gasteiger partial charge in [-0.2, -0.15) is 0 Å². The molecule has 0 aliphatic heterocycles. The quantitative estimate of drug-likeness (QED) is 0.865. The lowest BCUT2D eigenvalue weighted by Gasteiger charge is -2.03. The molecule has 0 saturated heterocycles. The molecule has 6 heteroatoms. The highest BCUT2D eigenvalue weighted by Gasteiger charge is 2.11. The van der Waals surface area contributed by atoms with E-state index in [1.54, 1.807) is 23.6 Å². The summed E-state index contributed by atoms with van der Waals surface area (Å²) in [7, 11) is 0. The molecule has 0 atom stereocenters. The van der Waals surface area contributed by atoms with E-state index in [0.717, 1.165) is 0 Å². The predicted molar refractivity (Wildman–Crippen MR) is 65.9 cm³/mol. The first kappa shape index (κ1) is 10.9. The molecular formula is C10H8ClN3OS. The third-order valence-corrected chi connectivity index (χ3v) is 3.03. The van der Waals surface area contributed by atoms with Gasteiger partial charge in [0.2, 0.25) is 0 Å². The molecule has 0 radical (unpaired) electrons. The SMILES string of the molecule is Nc1ccsc1C(=O)Nc1cc(Cl)ccn1. The number of nitrogens with zero attached hydrogens (tertiary/aromatic N) is 1. The first-order valence-electron chi connectivity index (χ1n) is 4.42. The van der Waals surface area contributed by atoms with Crippen molar-refractivity contribution in [3.05, 3.63) is 39.7 Å². The van der Waals surface area contributed by atoms with Gasteiger partial charge < -0.3 is 11.1 Å². The highest BCUT2D eigenvalue weighted by atomic mass is 35.5. The molecule has 16 heavy (non-hydrogen) atoms. The van der Waals surface area contributed by atoms with E-state index in [1.807, 2.05) is 0 Å². The van der Waals surface area contributed by atoms with Gasteiger partial charge in [-0.3, -0.25) is 4.79 Å². The Morgan fingerprint density at radius 1 is 1.50 bits per heavy atom. The van der Waals surface area contributed by atoms with E-state index in [2.05, 4.69) is 10.3 Å². The zero-order chi connectivity index (χ0) is 11.5. The minimum Gasteiger partial charge on any atom is -0.397 e. The number of hydrogen-bond acceptors (Lipinski definition) is 4. The Kier molecular flexibility index (Phi) is 3.07. The van der Waals surface area contributed by atoms with Gasteiger partial charge in [0.1, 0.15) is 10.7 Å². The largest absolute Gasteiger partial charge is 0.397 e. The summed E-state index contributed by atoms with van der Waals surface area (Å²) in [5.41, 5.74) is 6.09. The standard InChI is InChI=1S/C10H8ClN3OS/c11-6-1-3-13-8(5-6)14-10(15)9-7(12)2-4-16-9/h1-5H,12H2,(H,13,14,15). The van der Waals surface area contributed by atoms with Crippen molar-refractivity contribution >= 4 is 40.4 Å². The van der Waals surface area contributed by atoms with Crippen LogP contribution in [0.15, 0.2) is 29.8 Å². The minimum absolute atomic E-state index is 0.276. The molecule has 2 aromatic rings. The number of hydrogen-bond donors (Lipinski definition) is 2. The van der Waals surface area contributed by atoms with Gasteiger partial charge in [-0.05, 0) is 23.6 Å². The van der Waals surface area contributed by atoms with Gasteiger partial charge in [0.25, 0.3) is 5.91 Å². The molecule has 2 aromatic heterocycles. The average molecular weight is 254 g/mol. The fourth-order valence-electron chi connectivity index (χ4n) is 1.15. The van der Waals surface area contributed by atoms with Crippen LogP contribution in [-0.4, -0.2) is 10.9 Å². The molecule has 0 bridgehead atoms. The Labute approximate surface area is 101 Å². The monoisotopic (exact) mass is 253 g/mol. The molecule has 3 N–H and O–H groups in total. The molecule has 2 rings (SSSR count). The molecule has 0 spiro atoms. The van der Waals surface area contributed by atoms with E-state index >= 15 is 0 Å². The molecular weight excluding hydrogens is 246 g/mol. The Balaban J connectivity index is 2.17. The Morgan fingerprint density at radius 3 is 2.94 bits per heavy atom. The number of aromatic nitrogens is 1. The summed E-state index contributed by atoms with van der Waals surface area (Å²) in [5, 5.41) is 4.90. The number of amides is 1. The van der Waals surface area contributed by atoms with Crippen molar-refractivity contribution in [2.75, 3.05) is 11.1 Å². The van der Waals surface area contributed by atoms with E-state index in [-0.39, 0.29) is 5.91 Å². The van der Waals surface area contributed by atoms with E-state index in [1.165, 1.54) is 17.5 Å². The summed E-state index contributed by atoms with van der Waals surface area (Å²) in [5.74, 6) is 0.132. The van der Waals surface area contributed by atoms with Crippen molar-refractivity contribution in [2.45, 2.75) is 0 Å². The maximum atomic E-state index is 11.7. The summed E-state index contributed by atoms with van der Waals surface area (Å²) in [6, 6.07) is 4.89. The first-order valence-corrected chi connectivity index (χ1v) is 5.68. The first-order chi connectivity index (χ1) is 7.66. The number of nitrogens with two attached hydrogens (primary N) is 1. The van der Waals surface area contributed by atoms with Gasteiger partial charge in [0, 0.05) is 11.2 Å². The van der Waals surface area contributed by atoms with Gasteiger partial charge in [-0.15, -0.1) is 11.3 Å². The van der Waals surface area contributed by atoms with E-state index in [0.29, 0.717) is 21.4 Å². The number of pyridine rings is 1. The van der Waals surface area contributed by atoms with Crippen LogP contribution >= 0.6 is 22.9 Å². The van der Waals surface area contributed by atoms with Crippen LogP contribution < -0.4 is 11.1 Å². The summed E-state index contributed by atoms with van der Waals surface area (Å²) in [6.07, 6.45) is 1.52. The highest BCUT2D eigenvalue weighted by molar-refractivity contribution is 7.12. The maximum absolute atomic E-state index is 11.7. The number of carbonyl (C=O) groups excluding carboxylic acids is 1. The topological polar surface area (TPSA) is 68.0 Å². The third kappa shape index (κ3) is 2.32. The van der Waals surface area contributed by atoms with Crippen molar-refractivity contribution in [1.82, 2.24) is 4.98 Å². The number of rotatable bonds is 2. The van der Waals surface area contributed by atoms with Gasteiger partial charge >= 0.3 is 0 Å². The number of thiophene rings is 1. The van der Waals surface area contributed by atoms with Gasteiger partial charge in [0.15, 0.2) is 0 Å². The third-order valence-electron chi connectivity index (χ3n) is 1.87. The van der Waals surface area contributed by atoms with Crippen molar-refractivity contribution < 1.29 is 4.79 Å². The van der Waals surface area contributed by atoms with E-state index < -0.39 is 0 Å². The van der Waals surface area contributed by atoms with Crippen molar-refractivity contribution in [3.63, 3.8) is 0 Å². The minimum atomic E-state index is -0.276. The lowest BCUT2D eigenvalue weighted by molar-refractivity contribution is 0.103. The molecule has 82 valence electrons. The summed E-state index contributed by atoms with van der Waals surface area (Å²) in [4.78, 5) is 16.2. The fourth-order valence-corrected chi connectivity index (χ4v) is 2.02. The van der Waals surface area contributed by atoms with Crippen LogP contribution in [0.2, 0.25) is 5.02 Å². The van der Waals surface area contributed by atoms with Gasteiger partial charge in [0.05, 0.1) is 5.69 Å². The number of carbonyl (C=O) groups is 1. The molecule has 0 saturated carbocycles. The molecule has 0 aliphatic rings. The van der Waals surface area contributed by atoms with Gasteiger partial charge in [-0.25, -0.2) is 4.98 Å². The molecule has 0 aliphatic carbocycles. The molecule has 0 unspecified atom stereocenters. The van der Waals surface area contributed by atoms with Crippen LogP contribution in [0.1, 0.15) is 9.67 Å². The zero-order valence-corrected chi connectivity index (χ0v) is 9.68. The molecule has 0 aromatic carbocycles. The number of anilines is 2. The lowest BCUT2D eigenvalue weighted by Crippen LogP contribution is -2.12. The summed E-state index contributed by atoms with van der Waals surface area (Å²) >= 11 is 7.05. The van der Waals surface area contributed by atoms with Crippen molar-refractivity contribution in [3.8, 4) is 0 Å². The molecule has 4 nitrogen and oxygen atoms in total. The Hall–Kier alpha value is -1.59. The lowest BCUT2D eigenvalue weighted by atomic mass is 10.3. The van der Waals surface area contributed by atoms with Gasteiger partial charge in [-0.1, -0.05) is 11.6 Å². The highest BCUT2D eigenvalue weighted by Crippen LogP contribution is 2.20. The fraction of sp³-hybridized carbons (Fsp3) is 0. The Morgan fingerprint density at radius 2 is 2.31 bits per heavy atom. The zero-order valence-electron chi connectivity index (χ0n) is 8.11. The van der Waals surface area contributed by atoms with Crippen LogP contribution in [0.5, 0.6) is 0 Å². The smallest absolute Gasteiger partial charge is 0.269 e. The van der Waals surface area contributed by atoms with Crippen LogP contribution in [0.4, 0.5) is 11.5 Å². The molecule has 1 amide bonds. The van der Waals surface area contributed by atoms with Crippen molar-refractivity contribution in [1.29, 1.82) is 0 Å². The number of nitrogen functional groups attached to an aromatic ring is 1. The summed E-state index contributed by atoms with van der Waals surface area (Å²) in [6.45, 7) is 0. The molecule has 2 heterocycles. The predicted octanol–water partition coefficient (Wildman–Crippen LogP) is 2.63. The van der Waals surface area contributed by atoms with E-state index in [9.17, 15) is 4.79 Å². The second kappa shape index (κ2) is 4.51. The summed E-state index contributed by atoms with van der Waals surface area (Å²) < 4.78 is 0. The second-order valence-electron chi connectivity index (χ2n) is 3.02. The van der Waals surface area contributed by atoms with Crippen LogP contribution in [0.25, 0.3) is 0 Å². The van der Waals surface area contributed by atoms with Crippen LogP contribution in [0, 0.1) is 0 Å². The second-order valence-corrected chi connectivity index (χ2v) is 4.37. The van der Waals surface area contributed by atoms with E-state index in [4.69, 9.17) is 17.3 Å². The number of halogens is 1.